The van der Waals surface area contributed by atoms with Crippen LogP contribution in [-0.2, 0) is 6.54 Å². The second kappa shape index (κ2) is 7.03. The largest absolute Gasteiger partial charge is 0.298 e. The molecule has 1 amide bonds. The van der Waals surface area contributed by atoms with Crippen LogP contribution < -0.4 is 5.32 Å². The number of rotatable bonds is 4. The Labute approximate surface area is 135 Å². The molecule has 3 rings (SSSR count). The molecule has 22 heavy (non-hydrogen) atoms. The van der Waals surface area contributed by atoms with Gasteiger partial charge in [-0.2, -0.15) is 0 Å². The van der Waals surface area contributed by atoms with E-state index in [1.807, 2.05) is 24.4 Å². The lowest BCUT2D eigenvalue weighted by atomic mass is 10.0. The van der Waals surface area contributed by atoms with Crippen molar-refractivity contribution in [3.63, 3.8) is 0 Å². The highest BCUT2D eigenvalue weighted by atomic mass is 32.1. The SMILES string of the molecule is CC1CCCCN1Cc1cnc(NC(=O)c2ccccc2)s1. The molecule has 1 fully saturated rings. The van der Waals surface area contributed by atoms with Gasteiger partial charge >= 0.3 is 0 Å². The van der Waals surface area contributed by atoms with E-state index in [2.05, 4.69) is 22.1 Å². The molecule has 1 atom stereocenters. The maximum atomic E-state index is 12.1. The Hall–Kier alpha value is -1.72. The Morgan fingerprint density at radius 3 is 2.95 bits per heavy atom. The van der Waals surface area contributed by atoms with Crippen molar-refractivity contribution < 1.29 is 4.79 Å². The lowest BCUT2D eigenvalue weighted by Crippen LogP contribution is -2.36. The zero-order chi connectivity index (χ0) is 15.4. The molecule has 1 N–H and O–H groups in total. The predicted octanol–water partition coefficient (Wildman–Crippen LogP) is 3.77. The van der Waals surface area contributed by atoms with Crippen LogP contribution in [0.5, 0.6) is 0 Å². The topological polar surface area (TPSA) is 45.2 Å². The number of nitrogens with zero attached hydrogens (tertiary/aromatic N) is 2. The highest BCUT2D eigenvalue weighted by Gasteiger charge is 2.19. The highest BCUT2D eigenvalue weighted by Crippen LogP contribution is 2.24. The van der Waals surface area contributed by atoms with Crippen LogP contribution in [0.15, 0.2) is 36.5 Å². The summed E-state index contributed by atoms with van der Waals surface area (Å²) in [7, 11) is 0. The summed E-state index contributed by atoms with van der Waals surface area (Å²) in [5.74, 6) is -0.104. The molecule has 1 saturated heterocycles. The summed E-state index contributed by atoms with van der Waals surface area (Å²) in [6.45, 7) is 4.38. The Morgan fingerprint density at radius 1 is 1.36 bits per heavy atom. The van der Waals surface area contributed by atoms with Crippen LogP contribution in [0.2, 0.25) is 0 Å². The fourth-order valence-corrected chi connectivity index (χ4v) is 3.62. The van der Waals surface area contributed by atoms with Crippen LogP contribution in [0.1, 0.15) is 41.4 Å². The Morgan fingerprint density at radius 2 is 2.18 bits per heavy atom. The second-order valence-corrected chi connectivity index (χ2v) is 6.88. The highest BCUT2D eigenvalue weighted by molar-refractivity contribution is 7.15. The lowest BCUT2D eigenvalue weighted by Gasteiger charge is -2.32. The number of amides is 1. The number of thiazole rings is 1. The van der Waals surface area contributed by atoms with E-state index < -0.39 is 0 Å². The first kappa shape index (κ1) is 15.2. The lowest BCUT2D eigenvalue weighted by molar-refractivity contribution is 0.102. The summed E-state index contributed by atoms with van der Waals surface area (Å²) < 4.78 is 0. The first-order valence-electron chi connectivity index (χ1n) is 7.77. The Kier molecular flexibility index (Phi) is 4.85. The van der Waals surface area contributed by atoms with Crippen molar-refractivity contribution in [3.8, 4) is 0 Å². The van der Waals surface area contributed by atoms with Crippen LogP contribution >= 0.6 is 11.3 Å². The molecule has 5 heteroatoms. The fourth-order valence-electron chi connectivity index (χ4n) is 2.79. The number of carbonyl (C=O) groups is 1. The number of nitrogens with one attached hydrogen (secondary N) is 1. The van der Waals surface area contributed by atoms with Crippen molar-refractivity contribution in [2.45, 2.75) is 38.8 Å². The molecule has 1 aromatic heterocycles. The van der Waals surface area contributed by atoms with Crippen LogP contribution in [0.3, 0.4) is 0 Å². The van der Waals surface area contributed by atoms with E-state index in [0.717, 1.165) is 13.1 Å². The minimum absolute atomic E-state index is 0.104. The van der Waals surface area contributed by atoms with Gasteiger partial charge in [0.25, 0.3) is 5.91 Å². The predicted molar refractivity (Wildman–Crippen MR) is 90.2 cm³/mol. The quantitative estimate of drug-likeness (QED) is 0.934. The van der Waals surface area contributed by atoms with Gasteiger partial charge in [-0.3, -0.25) is 15.0 Å². The number of anilines is 1. The van der Waals surface area contributed by atoms with Crippen molar-refractivity contribution in [1.29, 1.82) is 0 Å². The molecule has 1 aromatic carbocycles. The van der Waals surface area contributed by atoms with Gasteiger partial charge in [0.15, 0.2) is 5.13 Å². The normalized spacial score (nSPS) is 19.0. The van der Waals surface area contributed by atoms with E-state index in [4.69, 9.17) is 0 Å². The zero-order valence-corrected chi connectivity index (χ0v) is 13.6. The average molecular weight is 315 g/mol. The first-order chi connectivity index (χ1) is 10.7. The summed E-state index contributed by atoms with van der Waals surface area (Å²) in [6.07, 6.45) is 5.77. The Bertz CT molecular complexity index is 626. The molecule has 0 aliphatic carbocycles. The molecule has 0 bridgehead atoms. The number of likely N-dealkylation sites (tertiary alicyclic amines) is 1. The molecule has 0 spiro atoms. The van der Waals surface area contributed by atoms with Crippen molar-refractivity contribution in [2.24, 2.45) is 0 Å². The second-order valence-electron chi connectivity index (χ2n) is 5.77. The third-order valence-corrected chi connectivity index (χ3v) is 5.01. The molecule has 2 aromatic rings. The van der Waals surface area contributed by atoms with Gasteiger partial charge in [0.2, 0.25) is 0 Å². The van der Waals surface area contributed by atoms with Gasteiger partial charge in [0.1, 0.15) is 0 Å². The van der Waals surface area contributed by atoms with Gasteiger partial charge in [-0.1, -0.05) is 24.6 Å². The first-order valence-corrected chi connectivity index (χ1v) is 8.59. The standard InChI is InChI=1S/C17H21N3OS/c1-13-7-5-6-10-20(13)12-15-11-18-17(22-15)19-16(21)14-8-3-2-4-9-14/h2-4,8-9,11,13H,5-7,10,12H2,1H3,(H,18,19,21). The fraction of sp³-hybridized carbons (Fsp3) is 0.412. The average Bonchev–Trinajstić information content (AvgIpc) is 2.97. The molecule has 0 saturated carbocycles. The van der Waals surface area contributed by atoms with E-state index in [-0.39, 0.29) is 5.91 Å². The van der Waals surface area contributed by atoms with E-state index in [9.17, 15) is 4.79 Å². The van der Waals surface area contributed by atoms with Crippen LogP contribution in [0.25, 0.3) is 0 Å². The van der Waals surface area contributed by atoms with Crippen molar-refractivity contribution in [2.75, 3.05) is 11.9 Å². The minimum Gasteiger partial charge on any atom is -0.298 e. The molecule has 4 nitrogen and oxygen atoms in total. The van der Waals surface area contributed by atoms with Crippen molar-refractivity contribution in [1.82, 2.24) is 9.88 Å². The monoisotopic (exact) mass is 315 g/mol. The molecule has 1 aliphatic heterocycles. The summed E-state index contributed by atoms with van der Waals surface area (Å²) in [6, 6.07) is 9.87. The van der Waals surface area contributed by atoms with Crippen molar-refractivity contribution in [3.05, 3.63) is 47.0 Å². The third kappa shape index (κ3) is 3.72. The number of carbonyl (C=O) groups excluding carboxylic acids is 1. The summed E-state index contributed by atoms with van der Waals surface area (Å²) in [4.78, 5) is 20.1. The molecule has 1 aliphatic rings. The Balaban J connectivity index is 1.60. The molecular formula is C17H21N3OS. The van der Waals surface area contributed by atoms with Gasteiger partial charge in [-0.25, -0.2) is 4.98 Å². The number of hydrogen-bond acceptors (Lipinski definition) is 4. The van der Waals surface area contributed by atoms with Gasteiger partial charge in [-0.15, -0.1) is 11.3 Å². The summed E-state index contributed by atoms with van der Waals surface area (Å²) in [5, 5.41) is 3.55. The van der Waals surface area contributed by atoms with E-state index in [0.29, 0.717) is 16.7 Å². The van der Waals surface area contributed by atoms with Crippen LogP contribution in [0.4, 0.5) is 5.13 Å². The number of hydrogen-bond donors (Lipinski definition) is 1. The van der Waals surface area contributed by atoms with E-state index in [1.165, 1.54) is 24.1 Å². The maximum absolute atomic E-state index is 12.1. The van der Waals surface area contributed by atoms with Gasteiger partial charge in [-0.05, 0) is 38.4 Å². The number of benzene rings is 1. The van der Waals surface area contributed by atoms with Gasteiger partial charge in [0.05, 0.1) is 0 Å². The van der Waals surface area contributed by atoms with E-state index >= 15 is 0 Å². The molecule has 1 unspecified atom stereocenters. The molecular weight excluding hydrogens is 294 g/mol. The molecule has 116 valence electrons. The zero-order valence-electron chi connectivity index (χ0n) is 12.8. The smallest absolute Gasteiger partial charge is 0.257 e. The molecule has 0 radical (unpaired) electrons. The van der Waals surface area contributed by atoms with E-state index in [1.54, 1.807) is 23.5 Å². The van der Waals surface area contributed by atoms with Gasteiger partial charge in [0, 0.05) is 29.2 Å². The third-order valence-electron chi connectivity index (χ3n) is 4.11. The van der Waals surface area contributed by atoms with Crippen molar-refractivity contribution >= 4 is 22.4 Å². The number of piperidine rings is 1. The summed E-state index contributed by atoms with van der Waals surface area (Å²) >= 11 is 1.57. The maximum Gasteiger partial charge on any atom is 0.257 e. The minimum atomic E-state index is -0.104. The summed E-state index contributed by atoms with van der Waals surface area (Å²) in [5.41, 5.74) is 0.656. The van der Waals surface area contributed by atoms with Crippen LogP contribution in [0, 0.1) is 0 Å². The van der Waals surface area contributed by atoms with Crippen LogP contribution in [-0.4, -0.2) is 28.4 Å². The molecule has 2 heterocycles. The number of aromatic nitrogens is 1. The van der Waals surface area contributed by atoms with Gasteiger partial charge < -0.3 is 0 Å².